The van der Waals surface area contributed by atoms with Crippen LogP contribution in [-0.4, -0.2) is 59.3 Å². The Labute approximate surface area is 197 Å². The minimum Gasteiger partial charge on any atom is -0.444 e. The van der Waals surface area contributed by atoms with E-state index in [0.717, 1.165) is 37.7 Å². The van der Waals surface area contributed by atoms with E-state index in [1.54, 1.807) is 20.8 Å². The van der Waals surface area contributed by atoms with Crippen LogP contribution in [0, 0.1) is 0 Å². The zero-order valence-electron chi connectivity index (χ0n) is 20.4. The molecule has 8 heteroatoms. The van der Waals surface area contributed by atoms with Gasteiger partial charge in [0.15, 0.2) is 0 Å². The number of rotatable bonds is 9. The predicted octanol–water partition coefficient (Wildman–Crippen LogP) is 3.08. The number of benzene rings is 1. The van der Waals surface area contributed by atoms with E-state index in [4.69, 9.17) is 4.74 Å². The normalized spacial score (nSPS) is 15.4. The molecule has 1 aromatic rings. The molecule has 1 aliphatic carbocycles. The fraction of sp³-hybridized carbons (Fsp3) is 0.640. The van der Waals surface area contributed by atoms with Crippen LogP contribution in [0.4, 0.5) is 4.79 Å². The molecule has 0 heterocycles. The molecule has 0 spiro atoms. The molecule has 8 nitrogen and oxygen atoms in total. The highest BCUT2D eigenvalue weighted by molar-refractivity contribution is 5.90. The van der Waals surface area contributed by atoms with Crippen molar-refractivity contribution in [1.29, 1.82) is 0 Å². The number of carbonyl (C=O) groups excluding carboxylic acids is 3. The topological polar surface area (TPSA) is 108 Å². The van der Waals surface area contributed by atoms with Crippen LogP contribution in [0.2, 0.25) is 0 Å². The van der Waals surface area contributed by atoms with Crippen molar-refractivity contribution in [3.05, 3.63) is 35.4 Å². The van der Waals surface area contributed by atoms with Crippen molar-refractivity contribution >= 4 is 17.9 Å². The number of aliphatic hydroxyl groups is 1. The zero-order chi connectivity index (χ0) is 24.4. The van der Waals surface area contributed by atoms with Gasteiger partial charge in [0.1, 0.15) is 18.2 Å². The summed E-state index contributed by atoms with van der Waals surface area (Å²) in [5.74, 6) is -0.747. The molecule has 3 N–H and O–H groups in total. The molecule has 33 heavy (non-hydrogen) atoms. The third-order valence-corrected chi connectivity index (χ3v) is 5.66. The van der Waals surface area contributed by atoms with E-state index in [0.29, 0.717) is 5.56 Å². The third kappa shape index (κ3) is 8.68. The molecule has 1 unspecified atom stereocenters. The smallest absolute Gasteiger partial charge is 0.408 e. The third-order valence-electron chi connectivity index (χ3n) is 5.66. The second-order valence-electron chi connectivity index (χ2n) is 9.51. The first-order chi connectivity index (χ1) is 15.6. The van der Waals surface area contributed by atoms with E-state index in [-0.39, 0.29) is 31.6 Å². The van der Waals surface area contributed by atoms with Gasteiger partial charge in [0.05, 0.1) is 6.61 Å². The summed E-state index contributed by atoms with van der Waals surface area (Å²) >= 11 is 0. The number of nitrogens with one attached hydrogen (secondary N) is 2. The number of hydrogen-bond acceptors (Lipinski definition) is 5. The molecule has 1 fully saturated rings. The molecule has 2 rings (SSSR count). The van der Waals surface area contributed by atoms with Crippen molar-refractivity contribution in [3.8, 4) is 0 Å². The number of nitrogens with zero attached hydrogens (tertiary/aromatic N) is 1. The Bertz CT molecular complexity index is 782. The predicted molar refractivity (Wildman–Crippen MR) is 127 cm³/mol. The van der Waals surface area contributed by atoms with E-state index in [2.05, 4.69) is 10.6 Å². The summed E-state index contributed by atoms with van der Waals surface area (Å²) in [5, 5.41) is 15.2. The molecular weight excluding hydrogens is 422 g/mol. The molecule has 0 saturated heterocycles. The second kappa shape index (κ2) is 12.6. The summed E-state index contributed by atoms with van der Waals surface area (Å²) in [4.78, 5) is 39.9. The molecule has 0 aromatic heterocycles. The van der Waals surface area contributed by atoms with Gasteiger partial charge in [0.2, 0.25) is 11.8 Å². The van der Waals surface area contributed by atoms with Crippen LogP contribution in [0.15, 0.2) is 24.3 Å². The highest BCUT2D eigenvalue weighted by atomic mass is 16.6. The molecule has 1 aromatic carbocycles. The highest BCUT2D eigenvalue weighted by Gasteiger charge is 2.33. The summed E-state index contributed by atoms with van der Waals surface area (Å²) in [6.45, 7) is 6.57. The fourth-order valence-corrected chi connectivity index (χ4v) is 4.00. The Balaban J connectivity index is 2.23. The van der Waals surface area contributed by atoms with Crippen LogP contribution in [-0.2, 0) is 20.7 Å². The van der Waals surface area contributed by atoms with Gasteiger partial charge in [0, 0.05) is 12.6 Å². The molecule has 0 radical (unpaired) electrons. The lowest BCUT2D eigenvalue weighted by Gasteiger charge is -2.33. The van der Waals surface area contributed by atoms with Crippen molar-refractivity contribution in [3.63, 3.8) is 0 Å². The summed E-state index contributed by atoms with van der Waals surface area (Å²) < 4.78 is 5.20. The lowest BCUT2D eigenvalue weighted by Crippen LogP contribution is -2.50. The van der Waals surface area contributed by atoms with Gasteiger partial charge in [-0.2, -0.15) is 0 Å². The molecule has 3 amide bonds. The fourth-order valence-electron chi connectivity index (χ4n) is 4.00. The van der Waals surface area contributed by atoms with Crippen molar-refractivity contribution in [2.45, 2.75) is 83.9 Å². The minimum absolute atomic E-state index is 0.0346. The Kier molecular flexibility index (Phi) is 10.2. The van der Waals surface area contributed by atoms with Crippen molar-refractivity contribution in [2.75, 3.05) is 19.7 Å². The maximum atomic E-state index is 13.4. The van der Waals surface area contributed by atoms with Gasteiger partial charge in [-0.25, -0.2) is 4.79 Å². The van der Waals surface area contributed by atoms with Crippen LogP contribution < -0.4 is 10.6 Å². The summed E-state index contributed by atoms with van der Waals surface area (Å²) in [6.07, 6.45) is 5.29. The van der Waals surface area contributed by atoms with Crippen LogP contribution in [0.25, 0.3) is 0 Å². The minimum atomic E-state index is -0.905. The molecule has 1 aliphatic rings. The largest absolute Gasteiger partial charge is 0.444 e. The summed E-state index contributed by atoms with van der Waals surface area (Å²) in [6, 6.07) is 6.76. The van der Waals surface area contributed by atoms with Crippen LogP contribution in [0.1, 0.15) is 77.0 Å². The van der Waals surface area contributed by atoms with E-state index < -0.39 is 23.6 Å². The van der Waals surface area contributed by atoms with Crippen molar-refractivity contribution in [2.24, 2.45) is 0 Å². The molecular formula is C25H39N3O5. The standard InChI is InChI=1S/C25H39N3O5/c1-5-18-11-13-19(14-12-18)22(23(31)27-20-9-7-6-8-10-20)28(15-16-29)21(30)17-26-24(32)33-25(2,3)4/h11-14,20,22,29H,5-10,15-17H2,1-4H3,(H,26,32)(H,27,31). The average Bonchev–Trinajstić information content (AvgIpc) is 2.77. The maximum Gasteiger partial charge on any atom is 0.408 e. The van der Waals surface area contributed by atoms with Gasteiger partial charge in [-0.3, -0.25) is 9.59 Å². The Morgan fingerprint density at radius 3 is 2.30 bits per heavy atom. The number of aliphatic hydroxyl groups excluding tert-OH is 1. The molecule has 0 bridgehead atoms. The van der Waals surface area contributed by atoms with Crippen LogP contribution in [0.3, 0.4) is 0 Å². The first kappa shape index (κ1) is 26.6. The maximum absolute atomic E-state index is 13.4. The SMILES string of the molecule is CCc1ccc(C(C(=O)NC2CCCCC2)N(CCO)C(=O)CNC(=O)OC(C)(C)C)cc1. The molecule has 1 saturated carbocycles. The van der Waals surface area contributed by atoms with E-state index in [9.17, 15) is 19.5 Å². The van der Waals surface area contributed by atoms with E-state index >= 15 is 0 Å². The summed E-state index contributed by atoms with van der Waals surface area (Å²) in [7, 11) is 0. The monoisotopic (exact) mass is 461 g/mol. The summed E-state index contributed by atoms with van der Waals surface area (Å²) in [5.41, 5.74) is 1.10. The highest BCUT2D eigenvalue weighted by Crippen LogP contribution is 2.24. The van der Waals surface area contributed by atoms with Crippen molar-refractivity contribution < 1.29 is 24.2 Å². The van der Waals surface area contributed by atoms with Gasteiger partial charge < -0.3 is 25.4 Å². The van der Waals surface area contributed by atoms with Crippen LogP contribution in [0.5, 0.6) is 0 Å². The van der Waals surface area contributed by atoms with E-state index in [1.807, 2.05) is 31.2 Å². The number of alkyl carbamates (subject to hydrolysis) is 1. The number of carbonyl (C=O) groups is 3. The number of hydrogen-bond donors (Lipinski definition) is 3. The first-order valence-electron chi connectivity index (χ1n) is 11.9. The Hall–Kier alpha value is -2.61. The first-order valence-corrected chi connectivity index (χ1v) is 11.9. The quantitative estimate of drug-likeness (QED) is 0.524. The molecule has 0 aliphatic heterocycles. The Morgan fingerprint density at radius 1 is 1.12 bits per heavy atom. The second-order valence-corrected chi connectivity index (χ2v) is 9.51. The number of aryl methyl sites for hydroxylation is 1. The van der Waals surface area contributed by atoms with Crippen molar-refractivity contribution in [1.82, 2.24) is 15.5 Å². The van der Waals surface area contributed by atoms with Gasteiger partial charge in [-0.1, -0.05) is 50.5 Å². The number of amides is 3. The zero-order valence-corrected chi connectivity index (χ0v) is 20.4. The molecule has 1 atom stereocenters. The average molecular weight is 462 g/mol. The van der Waals surface area contributed by atoms with Gasteiger partial charge in [-0.05, 0) is 51.2 Å². The van der Waals surface area contributed by atoms with Gasteiger partial charge in [-0.15, -0.1) is 0 Å². The van der Waals surface area contributed by atoms with E-state index in [1.165, 1.54) is 11.3 Å². The lowest BCUT2D eigenvalue weighted by atomic mass is 9.94. The number of ether oxygens (including phenoxy) is 1. The van der Waals surface area contributed by atoms with Crippen LogP contribution >= 0.6 is 0 Å². The lowest BCUT2D eigenvalue weighted by molar-refractivity contribution is -0.141. The van der Waals surface area contributed by atoms with Gasteiger partial charge in [0.25, 0.3) is 0 Å². The molecule has 184 valence electrons. The van der Waals surface area contributed by atoms with Gasteiger partial charge >= 0.3 is 6.09 Å². The Morgan fingerprint density at radius 2 is 1.76 bits per heavy atom.